The second-order valence-corrected chi connectivity index (χ2v) is 9.71. The summed E-state index contributed by atoms with van der Waals surface area (Å²) in [6.07, 6.45) is 0.637. The molecule has 1 fully saturated rings. The minimum Gasteiger partial charge on any atom is -0.466 e. The Bertz CT molecular complexity index is 969. The summed E-state index contributed by atoms with van der Waals surface area (Å²) >= 11 is 0. The highest BCUT2D eigenvalue weighted by molar-refractivity contribution is 5.85. The number of fused-ring (bicyclic) bond motifs is 1. The molecule has 8 nitrogen and oxygen atoms in total. The van der Waals surface area contributed by atoms with Crippen molar-refractivity contribution in [1.82, 2.24) is 9.47 Å². The third-order valence-corrected chi connectivity index (χ3v) is 6.54. The van der Waals surface area contributed by atoms with E-state index in [-0.39, 0.29) is 30.7 Å². The average Bonchev–Trinajstić information content (AvgIpc) is 3.15. The SMILES string of the molecule is CCOC(=O)C1CCN(CCOCC(C)(C)c2cc3cc(N)c(F)cc3n2C[C@@H](O)CO)CC1. The van der Waals surface area contributed by atoms with Gasteiger partial charge < -0.3 is 34.9 Å². The number of piperidine rings is 1. The first kappa shape index (κ1) is 26.4. The van der Waals surface area contributed by atoms with Crippen molar-refractivity contribution in [3.05, 3.63) is 29.7 Å². The van der Waals surface area contributed by atoms with Crippen molar-refractivity contribution >= 4 is 22.6 Å². The molecule has 0 spiro atoms. The van der Waals surface area contributed by atoms with Crippen molar-refractivity contribution in [2.45, 2.75) is 51.7 Å². The van der Waals surface area contributed by atoms with E-state index in [9.17, 15) is 19.4 Å². The number of aliphatic hydroxyl groups is 2. The zero-order chi connectivity index (χ0) is 24.9. The van der Waals surface area contributed by atoms with E-state index < -0.39 is 17.3 Å². The van der Waals surface area contributed by atoms with E-state index in [0.29, 0.717) is 25.3 Å². The normalized spacial score (nSPS) is 16.8. The first-order valence-corrected chi connectivity index (χ1v) is 12.0. The summed E-state index contributed by atoms with van der Waals surface area (Å²) in [6.45, 7) is 9.51. The second-order valence-electron chi connectivity index (χ2n) is 9.71. The van der Waals surface area contributed by atoms with Crippen LogP contribution in [0.4, 0.5) is 10.1 Å². The Morgan fingerprint density at radius 2 is 2.00 bits per heavy atom. The summed E-state index contributed by atoms with van der Waals surface area (Å²) in [6, 6.07) is 4.90. The van der Waals surface area contributed by atoms with Crippen molar-refractivity contribution in [3.63, 3.8) is 0 Å². The molecule has 0 aliphatic carbocycles. The number of nitrogens with two attached hydrogens (primary N) is 1. The molecule has 9 heteroatoms. The molecule has 0 amide bonds. The molecule has 2 heterocycles. The lowest BCUT2D eigenvalue weighted by atomic mass is 9.90. The fourth-order valence-electron chi connectivity index (χ4n) is 4.57. The molecule has 3 rings (SSSR count). The Labute approximate surface area is 200 Å². The van der Waals surface area contributed by atoms with Gasteiger partial charge >= 0.3 is 5.97 Å². The number of nitrogen functional groups attached to an aromatic ring is 1. The van der Waals surface area contributed by atoms with Crippen molar-refractivity contribution in [2.24, 2.45) is 5.92 Å². The monoisotopic (exact) mass is 479 g/mol. The summed E-state index contributed by atoms with van der Waals surface area (Å²) in [5.74, 6) is -0.618. The molecule has 1 aliphatic heterocycles. The lowest BCUT2D eigenvalue weighted by Crippen LogP contribution is -2.39. The number of hydrogen-bond acceptors (Lipinski definition) is 7. The standard InChI is InChI=1S/C25H38FN3O5/c1-4-34-24(32)17-5-7-28(8-6-17)9-10-33-16-25(2,3)23-12-18-11-21(27)20(26)13-22(18)29(23)14-19(31)15-30/h11-13,17,19,30-31H,4-10,14-16,27H2,1-3H3/t19-/m1/s1. The molecule has 2 aromatic rings. The summed E-state index contributed by atoms with van der Waals surface area (Å²) in [5.41, 5.74) is 6.89. The van der Waals surface area contributed by atoms with Gasteiger partial charge in [-0.25, -0.2) is 4.39 Å². The van der Waals surface area contributed by atoms with Crippen LogP contribution in [-0.2, 0) is 26.2 Å². The van der Waals surface area contributed by atoms with E-state index in [1.165, 1.54) is 6.07 Å². The van der Waals surface area contributed by atoms with Gasteiger partial charge in [0.15, 0.2) is 0 Å². The molecule has 0 saturated carbocycles. The van der Waals surface area contributed by atoms with Gasteiger partial charge in [-0.1, -0.05) is 13.8 Å². The summed E-state index contributed by atoms with van der Waals surface area (Å²) in [7, 11) is 0. The third-order valence-electron chi connectivity index (χ3n) is 6.54. The molecule has 1 aliphatic rings. The number of aromatic nitrogens is 1. The van der Waals surface area contributed by atoms with Gasteiger partial charge in [0.1, 0.15) is 5.82 Å². The van der Waals surface area contributed by atoms with E-state index in [1.54, 1.807) is 6.07 Å². The molecular weight excluding hydrogens is 441 g/mol. The number of benzene rings is 1. The maximum Gasteiger partial charge on any atom is 0.309 e. The van der Waals surface area contributed by atoms with E-state index >= 15 is 0 Å². The number of halogens is 1. The predicted molar refractivity (Wildman–Crippen MR) is 129 cm³/mol. The van der Waals surface area contributed by atoms with Crippen LogP contribution in [0.5, 0.6) is 0 Å². The number of ether oxygens (including phenoxy) is 2. The van der Waals surface area contributed by atoms with Crippen LogP contribution in [0.1, 0.15) is 39.3 Å². The molecule has 0 unspecified atom stereocenters. The number of hydrogen-bond donors (Lipinski definition) is 3. The lowest BCUT2D eigenvalue weighted by Gasteiger charge is -2.31. The number of aliphatic hydroxyl groups excluding tert-OH is 2. The quantitative estimate of drug-likeness (QED) is 0.258. The van der Waals surface area contributed by atoms with E-state index in [4.69, 9.17) is 15.2 Å². The van der Waals surface area contributed by atoms with Crippen LogP contribution in [-0.4, -0.2) is 77.8 Å². The van der Waals surface area contributed by atoms with Crippen molar-refractivity contribution < 1.29 is 28.9 Å². The first-order chi connectivity index (χ1) is 16.2. The van der Waals surface area contributed by atoms with Gasteiger partial charge in [-0.2, -0.15) is 0 Å². The molecule has 4 N–H and O–H groups in total. The molecular formula is C25H38FN3O5. The molecule has 1 aromatic heterocycles. The Kier molecular flexibility index (Phi) is 8.92. The number of anilines is 1. The predicted octanol–water partition coefficient (Wildman–Crippen LogP) is 2.29. The van der Waals surface area contributed by atoms with Gasteiger partial charge in [-0.15, -0.1) is 0 Å². The summed E-state index contributed by atoms with van der Waals surface area (Å²) < 4.78 is 27.2. The summed E-state index contributed by atoms with van der Waals surface area (Å²) in [4.78, 5) is 14.2. The third kappa shape index (κ3) is 6.27. The van der Waals surface area contributed by atoms with Gasteiger partial charge in [-0.05, 0) is 45.0 Å². The zero-order valence-corrected chi connectivity index (χ0v) is 20.4. The van der Waals surface area contributed by atoms with Gasteiger partial charge in [0, 0.05) is 29.1 Å². The maximum atomic E-state index is 14.2. The maximum absolute atomic E-state index is 14.2. The van der Waals surface area contributed by atoms with Gasteiger partial charge in [-0.3, -0.25) is 4.79 Å². The van der Waals surface area contributed by atoms with Gasteiger partial charge in [0.2, 0.25) is 0 Å². The molecule has 0 radical (unpaired) electrons. The topological polar surface area (TPSA) is 110 Å². The highest BCUT2D eigenvalue weighted by Gasteiger charge is 2.29. The van der Waals surface area contributed by atoms with Gasteiger partial charge in [0.05, 0.1) is 56.2 Å². The van der Waals surface area contributed by atoms with E-state index in [2.05, 4.69) is 4.90 Å². The average molecular weight is 480 g/mol. The smallest absolute Gasteiger partial charge is 0.309 e. The van der Waals surface area contributed by atoms with Gasteiger partial charge in [0.25, 0.3) is 0 Å². The molecule has 1 aromatic carbocycles. The lowest BCUT2D eigenvalue weighted by molar-refractivity contribution is -0.149. The Balaban J connectivity index is 1.61. The van der Waals surface area contributed by atoms with Crippen LogP contribution in [0.2, 0.25) is 0 Å². The number of carbonyl (C=O) groups excluding carboxylic acids is 1. The van der Waals surface area contributed by atoms with Crippen molar-refractivity contribution in [2.75, 3.05) is 51.8 Å². The Hall–Kier alpha value is -2.20. The fourth-order valence-corrected chi connectivity index (χ4v) is 4.57. The highest BCUT2D eigenvalue weighted by atomic mass is 19.1. The minimum absolute atomic E-state index is 0.00823. The van der Waals surface area contributed by atoms with E-state index in [0.717, 1.165) is 43.6 Å². The van der Waals surface area contributed by atoms with Crippen LogP contribution >= 0.6 is 0 Å². The molecule has 34 heavy (non-hydrogen) atoms. The Morgan fingerprint density at radius 1 is 1.29 bits per heavy atom. The van der Waals surface area contributed by atoms with Crippen LogP contribution in [0, 0.1) is 11.7 Å². The largest absolute Gasteiger partial charge is 0.466 e. The van der Waals surface area contributed by atoms with Crippen LogP contribution in [0.3, 0.4) is 0 Å². The van der Waals surface area contributed by atoms with Crippen LogP contribution < -0.4 is 5.73 Å². The molecule has 0 bridgehead atoms. The molecule has 1 atom stereocenters. The Morgan fingerprint density at radius 3 is 2.65 bits per heavy atom. The van der Waals surface area contributed by atoms with Crippen LogP contribution in [0.15, 0.2) is 18.2 Å². The highest BCUT2D eigenvalue weighted by Crippen LogP contribution is 2.32. The summed E-state index contributed by atoms with van der Waals surface area (Å²) in [5, 5.41) is 20.2. The second kappa shape index (κ2) is 11.5. The number of likely N-dealkylation sites (tertiary alicyclic amines) is 1. The molecule has 1 saturated heterocycles. The van der Waals surface area contributed by atoms with Crippen molar-refractivity contribution in [3.8, 4) is 0 Å². The first-order valence-electron chi connectivity index (χ1n) is 12.0. The van der Waals surface area contributed by atoms with Crippen LogP contribution in [0.25, 0.3) is 10.9 Å². The molecule has 190 valence electrons. The zero-order valence-electron chi connectivity index (χ0n) is 20.4. The van der Waals surface area contributed by atoms with Crippen molar-refractivity contribution in [1.29, 1.82) is 0 Å². The minimum atomic E-state index is -0.968. The number of carbonyl (C=O) groups is 1. The van der Waals surface area contributed by atoms with E-state index in [1.807, 2.05) is 31.4 Å². The number of rotatable bonds is 11. The number of esters is 1. The number of nitrogens with zero attached hydrogens (tertiary/aromatic N) is 2. The fraction of sp³-hybridized carbons (Fsp3) is 0.640.